The van der Waals surface area contributed by atoms with E-state index in [9.17, 15) is 9.59 Å². The number of carbonyl (C=O) groups excluding carboxylic acids is 2. The summed E-state index contributed by atoms with van der Waals surface area (Å²) in [4.78, 5) is 30.6. The van der Waals surface area contributed by atoms with Crippen molar-refractivity contribution in [2.75, 3.05) is 18.4 Å². The third-order valence-corrected chi connectivity index (χ3v) is 5.64. The highest BCUT2D eigenvalue weighted by Crippen LogP contribution is 2.22. The fraction of sp³-hybridized carbons (Fsp3) is 0.350. The van der Waals surface area contributed by atoms with Gasteiger partial charge in [-0.15, -0.1) is 10.2 Å². The molecule has 2 amide bonds. The van der Waals surface area contributed by atoms with Gasteiger partial charge in [-0.3, -0.25) is 14.6 Å². The lowest BCUT2D eigenvalue weighted by Gasteiger charge is -2.31. The molecule has 4 heterocycles. The molecule has 0 spiro atoms. The van der Waals surface area contributed by atoms with Crippen LogP contribution in [0.25, 0.3) is 11.5 Å². The number of aryl methyl sites for hydroxylation is 1. The first-order valence-electron chi connectivity index (χ1n) is 9.52. The second kappa shape index (κ2) is 8.95. The number of thiophene rings is 1. The molecule has 4 rings (SSSR count). The average Bonchev–Trinajstić information content (AvgIpc) is 3.45. The van der Waals surface area contributed by atoms with Crippen LogP contribution in [0.15, 0.2) is 45.8 Å². The summed E-state index contributed by atoms with van der Waals surface area (Å²) in [5.41, 5.74) is 1.64. The van der Waals surface area contributed by atoms with Crippen molar-refractivity contribution in [2.24, 2.45) is 5.92 Å². The van der Waals surface area contributed by atoms with E-state index >= 15 is 0 Å². The lowest BCUT2D eigenvalue weighted by atomic mass is 9.95. The molecule has 0 bridgehead atoms. The zero-order chi connectivity index (χ0) is 20.1. The Kier molecular flexibility index (Phi) is 5.95. The summed E-state index contributed by atoms with van der Waals surface area (Å²) < 4.78 is 5.63. The number of likely N-dealkylation sites (tertiary alicyclic amines) is 1. The van der Waals surface area contributed by atoms with E-state index in [0.29, 0.717) is 50.6 Å². The van der Waals surface area contributed by atoms with Crippen molar-refractivity contribution in [3.05, 3.63) is 47.2 Å². The van der Waals surface area contributed by atoms with E-state index in [-0.39, 0.29) is 17.7 Å². The van der Waals surface area contributed by atoms with Gasteiger partial charge in [0.1, 0.15) is 0 Å². The van der Waals surface area contributed by atoms with Gasteiger partial charge >= 0.3 is 0 Å². The summed E-state index contributed by atoms with van der Waals surface area (Å²) in [6, 6.07) is 5.44. The molecule has 0 aliphatic carbocycles. The number of hydrogen-bond acceptors (Lipinski definition) is 7. The summed E-state index contributed by atoms with van der Waals surface area (Å²) in [5, 5.41) is 14.9. The maximum atomic E-state index is 12.5. The van der Waals surface area contributed by atoms with Crippen molar-refractivity contribution >= 4 is 28.8 Å². The van der Waals surface area contributed by atoms with E-state index in [1.54, 1.807) is 35.9 Å². The van der Waals surface area contributed by atoms with E-state index in [1.165, 1.54) is 0 Å². The van der Waals surface area contributed by atoms with Gasteiger partial charge < -0.3 is 14.6 Å². The van der Waals surface area contributed by atoms with Gasteiger partial charge in [0.05, 0.1) is 0 Å². The Morgan fingerprint density at radius 3 is 2.69 bits per heavy atom. The third kappa shape index (κ3) is 4.86. The molecule has 1 fully saturated rings. The fourth-order valence-electron chi connectivity index (χ4n) is 3.30. The summed E-state index contributed by atoms with van der Waals surface area (Å²) >= 11 is 1.56. The van der Waals surface area contributed by atoms with Crippen LogP contribution >= 0.6 is 11.3 Å². The van der Waals surface area contributed by atoms with E-state index in [4.69, 9.17) is 4.42 Å². The summed E-state index contributed by atoms with van der Waals surface area (Å²) in [6.07, 6.45) is 5.34. The van der Waals surface area contributed by atoms with Crippen LogP contribution in [-0.2, 0) is 16.0 Å². The molecule has 0 unspecified atom stereocenters. The van der Waals surface area contributed by atoms with Crippen LogP contribution < -0.4 is 5.32 Å². The van der Waals surface area contributed by atoms with Crippen molar-refractivity contribution in [1.29, 1.82) is 0 Å². The van der Waals surface area contributed by atoms with Gasteiger partial charge in [-0.05, 0) is 36.4 Å². The highest BCUT2D eigenvalue weighted by molar-refractivity contribution is 7.08. The number of nitrogens with zero attached hydrogens (tertiary/aromatic N) is 4. The normalized spacial score (nSPS) is 14.7. The number of hydrogen-bond donors (Lipinski definition) is 1. The van der Waals surface area contributed by atoms with Crippen molar-refractivity contribution in [2.45, 2.75) is 25.7 Å². The minimum Gasteiger partial charge on any atom is -0.421 e. The topological polar surface area (TPSA) is 101 Å². The molecule has 0 saturated carbocycles. The smallest absolute Gasteiger partial charge is 0.248 e. The van der Waals surface area contributed by atoms with Crippen LogP contribution in [0.2, 0.25) is 0 Å². The molecule has 0 radical (unpaired) electrons. The second-order valence-corrected chi connectivity index (χ2v) is 7.67. The van der Waals surface area contributed by atoms with Crippen molar-refractivity contribution in [1.82, 2.24) is 20.1 Å². The van der Waals surface area contributed by atoms with Gasteiger partial charge in [-0.2, -0.15) is 11.3 Å². The lowest BCUT2D eigenvalue weighted by molar-refractivity contribution is -0.134. The first kappa shape index (κ1) is 19.3. The largest absolute Gasteiger partial charge is 0.421 e. The minimum absolute atomic E-state index is 0.00452. The molecule has 0 atom stereocenters. The van der Waals surface area contributed by atoms with Crippen LogP contribution in [-0.4, -0.2) is 45.0 Å². The molecule has 1 aliphatic rings. The van der Waals surface area contributed by atoms with Gasteiger partial charge in [-0.25, -0.2) is 0 Å². The Labute approximate surface area is 172 Å². The predicted octanol–water partition coefficient (Wildman–Crippen LogP) is 3.00. The molecule has 1 aliphatic heterocycles. The Balaban J connectivity index is 1.22. The number of aromatic nitrogens is 3. The molecule has 9 heteroatoms. The van der Waals surface area contributed by atoms with Crippen molar-refractivity contribution < 1.29 is 14.0 Å². The van der Waals surface area contributed by atoms with Gasteiger partial charge in [-0.1, -0.05) is 0 Å². The number of amides is 2. The van der Waals surface area contributed by atoms with E-state index in [2.05, 4.69) is 20.5 Å². The lowest BCUT2D eigenvalue weighted by Crippen LogP contribution is -2.41. The van der Waals surface area contributed by atoms with Gasteiger partial charge in [0.2, 0.25) is 23.6 Å². The number of piperidine rings is 1. The quantitative estimate of drug-likeness (QED) is 0.669. The number of anilines is 1. The molecular formula is C20H21N5O3S. The van der Waals surface area contributed by atoms with Crippen LogP contribution in [0, 0.1) is 5.92 Å². The SMILES string of the molecule is O=C(Nc1ccncc1)C1CCN(C(=O)CCc2nnc(-c3ccsc3)o2)CC1. The summed E-state index contributed by atoms with van der Waals surface area (Å²) in [7, 11) is 0. The zero-order valence-corrected chi connectivity index (χ0v) is 16.6. The van der Waals surface area contributed by atoms with Gasteiger partial charge in [0.15, 0.2) is 0 Å². The van der Waals surface area contributed by atoms with Gasteiger partial charge in [0.25, 0.3) is 0 Å². The van der Waals surface area contributed by atoms with Gasteiger partial charge in [0, 0.05) is 60.9 Å². The number of carbonyl (C=O) groups is 2. The number of pyridine rings is 1. The number of nitrogens with one attached hydrogen (secondary N) is 1. The first-order chi connectivity index (χ1) is 14.2. The van der Waals surface area contributed by atoms with Crippen LogP contribution in [0.3, 0.4) is 0 Å². The first-order valence-corrected chi connectivity index (χ1v) is 10.5. The molecule has 0 aromatic carbocycles. The predicted molar refractivity (Wildman–Crippen MR) is 108 cm³/mol. The highest BCUT2D eigenvalue weighted by Gasteiger charge is 2.27. The molecule has 3 aromatic rings. The van der Waals surface area contributed by atoms with E-state index in [0.717, 1.165) is 11.3 Å². The molecular weight excluding hydrogens is 390 g/mol. The Bertz CT molecular complexity index is 950. The maximum absolute atomic E-state index is 12.5. The standard InChI is InChI=1S/C20H21N5O3S/c26-18(2-1-17-23-24-20(28-17)15-7-12-29-13-15)25-10-5-14(6-11-25)19(27)22-16-3-8-21-9-4-16/h3-4,7-9,12-14H,1-2,5-6,10-11H2,(H,21,22,27). The molecule has 1 saturated heterocycles. The second-order valence-electron chi connectivity index (χ2n) is 6.89. The minimum atomic E-state index is -0.0867. The molecule has 8 nitrogen and oxygen atoms in total. The number of rotatable bonds is 6. The fourth-order valence-corrected chi connectivity index (χ4v) is 3.93. The van der Waals surface area contributed by atoms with Crippen molar-refractivity contribution in [3.8, 4) is 11.5 Å². The van der Waals surface area contributed by atoms with Crippen LogP contribution in [0.4, 0.5) is 5.69 Å². The maximum Gasteiger partial charge on any atom is 0.248 e. The molecule has 29 heavy (non-hydrogen) atoms. The van der Waals surface area contributed by atoms with Crippen LogP contribution in [0.1, 0.15) is 25.2 Å². The van der Waals surface area contributed by atoms with Crippen LogP contribution in [0.5, 0.6) is 0 Å². The van der Waals surface area contributed by atoms with Crippen molar-refractivity contribution in [3.63, 3.8) is 0 Å². The molecule has 150 valence electrons. The Morgan fingerprint density at radius 1 is 1.17 bits per heavy atom. The zero-order valence-electron chi connectivity index (χ0n) is 15.8. The van der Waals surface area contributed by atoms with E-state index < -0.39 is 0 Å². The third-order valence-electron chi connectivity index (χ3n) is 4.95. The summed E-state index contributed by atoms with van der Waals surface area (Å²) in [5.74, 6) is 0.903. The highest BCUT2D eigenvalue weighted by atomic mass is 32.1. The Hall–Kier alpha value is -3.07. The molecule has 1 N–H and O–H groups in total. The summed E-state index contributed by atoms with van der Waals surface area (Å²) in [6.45, 7) is 1.16. The van der Waals surface area contributed by atoms with E-state index in [1.807, 2.05) is 21.7 Å². The Morgan fingerprint density at radius 2 is 1.97 bits per heavy atom. The molecule has 3 aromatic heterocycles. The monoisotopic (exact) mass is 411 g/mol. The average molecular weight is 411 g/mol.